The Labute approximate surface area is 198 Å². The molecule has 168 valence electrons. The van der Waals surface area contributed by atoms with Gasteiger partial charge in [0.1, 0.15) is 5.82 Å². The first kappa shape index (κ1) is 22.8. The van der Waals surface area contributed by atoms with E-state index < -0.39 is 5.97 Å². The number of hydrogen-bond acceptors (Lipinski definition) is 4. The number of unbranched alkanes of at least 4 members (excludes halogenated alkanes) is 1. The molecule has 1 aromatic heterocycles. The summed E-state index contributed by atoms with van der Waals surface area (Å²) < 4.78 is 2.21. The number of nitrogens with zero attached hydrogens (tertiary/aromatic N) is 3. The topological polar surface area (TPSA) is 68.0 Å². The Morgan fingerprint density at radius 1 is 0.909 bits per heavy atom. The van der Waals surface area contributed by atoms with Crippen molar-refractivity contribution >= 4 is 17.7 Å². The molecule has 3 aromatic carbocycles. The van der Waals surface area contributed by atoms with Crippen molar-refractivity contribution in [3.63, 3.8) is 0 Å². The highest BCUT2D eigenvalue weighted by Crippen LogP contribution is 2.26. The Kier molecular flexibility index (Phi) is 7.58. The van der Waals surface area contributed by atoms with Gasteiger partial charge < -0.3 is 9.67 Å². The van der Waals surface area contributed by atoms with Crippen molar-refractivity contribution in [2.45, 2.75) is 43.6 Å². The Balaban J connectivity index is 1.56. The van der Waals surface area contributed by atoms with Gasteiger partial charge in [-0.1, -0.05) is 97.9 Å². The molecule has 0 saturated carbocycles. The van der Waals surface area contributed by atoms with Gasteiger partial charge in [0, 0.05) is 12.2 Å². The highest BCUT2D eigenvalue weighted by Gasteiger charge is 2.14. The summed E-state index contributed by atoms with van der Waals surface area (Å²) in [7, 11) is 0. The lowest BCUT2D eigenvalue weighted by Gasteiger charge is -2.12. The van der Waals surface area contributed by atoms with Crippen molar-refractivity contribution in [2.75, 3.05) is 0 Å². The third-order valence-corrected chi connectivity index (χ3v) is 6.56. The molecular formula is C27H27N3O2S. The van der Waals surface area contributed by atoms with E-state index in [0.29, 0.717) is 12.1 Å². The second-order valence-electron chi connectivity index (χ2n) is 7.91. The maximum Gasteiger partial charge on any atom is 0.336 e. The summed E-state index contributed by atoms with van der Waals surface area (Å²) >= 11 is 1.70. The molecule has 0 radical (unpaired) electrons. The van der Waals surface area contributed by atoms with Gasteiger partial charge in [0.05, 0.1) is 12.1 Å². The summed E-state index contributed by atoms with van der Waals surface area (Å²) in [5.74, 6) is 0.935. The van der Waals surface area contributed by atoms with Crippen LogP contribution in [0.25, 0.3) is 11.1 Å². The van der Waals surface area contributed by atoms with E-state index in [1.54, 1.807) is 23.9 Å². The van der Waals surface area contributed by atoms with Crippen LogP contribution in [-0.4, -0.2) is 25.8 Å². The maximum absolute atomic E-state index is 11.6. The standard InChI is InChI=1S/C27H27N3O2S/c1-2-3-13-25-28-29-27(33-19-21-9-5-4-6-10-21)30(25)18-20-14-16-22(17-15-20)23-11-7-8-12-24(23)26(31)32/h4-12,14-17H,2-3,13,18-19H2,1H3,(H,31,32). The van der Waals surface area contributed by atoms with E-state index in [2.05, 4.69) is 58.1 Å². The van der Waals surface area contributed by atoms with Crippen LogP contribution in [0.4, 0.5) is 0 Å². The zero-order valence-electron chi connectivity index (χ0n) is 18.6. The number of aromatic nitrogens is 3. The molecule has 0 aliphatic carbocycles. The predicted molar refractivity (Wildman–Crippen MR) is 133 cm³/mol. The Bertz CT molecular complexity index is 1200. The molecule has 6 heteroatoms. The monoisotopic (exact) mass is 457 g/mol. The summed E-state index contributed by atoms with van der Waals surface area (Å²) in [6, 6.07) is 25.6. The lowest BCUT2D eigenvalue weighted by atomic mass is 9.99. The zero-order chi connectivity index (χ0) is 23.0. The summed E-state index contributed by atoms with van der Waals surface area (Å²) in [6.45, 7) is 2.86. The molecule has 0 saturated heterocycles. The van der Waals surface area contributed by atoms with Crippen LogP contribution in [0.15, 0.2) is 84.0 Å². The number of carboxylic acid groups (broad SMARTS) is 1. The summed E-state index contributed by atoms with van der Waals surface area (Å²) in [6.07, 6.45) is 3.09. The van der Waals surface area contributed by atoms with Crippen molar-refractivity contribution in [3.05, 3.63) is 101 Å². The van der Waals surface area contributed by atoms with Gasteiger partial charge in [-0.2, -0.15) is 0 Å². The van der Waals surface area contributed by atoms with Crippen molar-refractivity contribution < 1.29 is 9.90 Å². The van der Waals surface area contributed by atoms with Crippen LogP contribution in [-0.2, 0) is 18.7 Å². The average Bonchev–Trinajstić information content (AvgIpc) is 3.23. The van der Waals surface area contributed by atoms with E-state index in [1.165, 1.54) is 5.56 Å². The number of thioether (sulfide) groups is 1. The van der Waals surface area contributed by atoms with Gasteiger partial charge in [0.15, 0.2) is 5.16 Å². The number of aryl methyl sites for hydroxylation is 1. The molecule has 33 heavy (non-hydrogen) atoms. The van der Waals surface area contributed by atoms with E-state index in [9.17, 15) is 9.90 Å². The summed E-state index contributed by atoms with van der Waals surface area (Å²) in [5.41, 5.74) is 4.32. The van der Waals surface area contributed by atoms with E-state index in [-0.39, 0.29) is 0 Å². The number of benzene rings is 3. The summed E-state index contributed by atoms with van der Waals surface area (Å²) in [4.78, 5) is 11.6. The fraction of sp³-hybridized carbons (Fsp3) is 0.222. The maximum atomic E-state index is 11.6. The van der Waals surface area contributed by atoms with Crippen LogP contribution in [0.1, 0.15) is 47.1 Å². The fourth-order valence-electron chi connectivity index (χ4n) is 3.72. The van der Waals surface area contributed by atoms with Crippen molar-refractivity contribution in [2.24, 2.45) is 0 Å². The van der Waals surface area contributed by atoms with Crippen LogP contribution in [0.2, 0.25) is 0 Å². The third-order valence-electron chi connectivity index (χ3n) is 5.52. The minimum Gasteiger partial charge on any atom is -0.478 e. The molecule has 0 aliphatic rings. The number of hydrogen-bond donors (Lipinski definition) is 1. The molecule has 4 rings (SSSR count). The molecule has 0 amide bonds. The van der Waals surface area contributed by atoms with Crippen LogP contribution >= 0.6 is 11.8 Å². The van der Waals surface area contributed by atoms with Crippen LogP contribution < -0.4 is 0 Å². The number of carboxylic acids is 1. The first-order valence-corrected chi connectivity index (χ1v) is 12.1. The molecule has 0 aliphatic heterocycles. The first-order valence-electron chi connectivity index (χ1n) is 11.2. The van der Waals surface area contributed by atoms with Crippen molar-refractivity contribution in [3.8, 4) is 11.1 Å². The molecule has 0 fully saturated rings. The molecule has 0 unspecified atom stereocenters. The van der Waals surface area contributed by atoms with Gasteiger partial charge in [-0.3, -0.25) is 0 Å². The Morgan fingerprint density at radius 3 is 2.36 bits per heavy atom. The molecule has 0 spiro atoms. The lowest BCUT2D eigenvalue weighted by Crippen LogP contribution is -2.07. The Morgan fingerprint density at radius 2 is 1.64 bits per heavy atom. The van der Waals surface area contributed by atoms with Gasteiger partial charge in [0.2, 0.25) is 0 Å². The number of carbonyl (C=O) groups is 1. The molecule has 4 aromatic rings. The predicted octanol–water partition coefficient (Wildman–Crippen LogP) is 6.33. The normalized spacial score (nSPS) is 10.9. The molecule has 1 N–H and O–H groups in total. The number of rotatable bonds is 10. The molecule has 1 heterocycles. The summed E-state index contributed by atoms with van der Waals surface area (Å²) in [5, 5.41) is 19.4. The third kappa shape index (κ3) is 5.71. The molecule has 5 nitrogen and oxygen atoms in total. The van der Waals surface area contributed by atoms with Gasteiger partial charge in [0.25, 0.3) is 0 Å². The zero-order valence-corrected chi connectivity index (χ0v) is 19.5. The molecule has 0 atom stereocenters. The van der Waals surface area contributed by atoms with Crippen molar-refractivity contribution in [1.82, 2.24) is 14.8 Å². The van der Waals surface area contributed by atoms with E-state index in [0.717, 1.165) is 52.7 Å². The van der Waals surface area contributed by atoms with Gasteiger partial charge in [-0.25, -0.2) is 4.79 Å². The number of aromatic carboxylic acids is 1. The second-order valence-corrected chi connectivity index (χ2v) is 8.85. The quantitative estimate of drug-likeness (QED) is 0.282. The highest BCUT2D eigenvalue weighted by atomic mass is 32.2. The molecule has 0 bridgehead atoms. The minimum absolute atomic E-state index is 0.311. The largest absolute Gasteiger partial charge is 0.478 e. The van der Waals surface area contributed by atoms with Crippen LogP contribution in [0, 0.1) is 0 Å². The van der Waals surface area contributed by atoms with Crippen molar-refractivity contribution in [1.29, 1.82) is 0 Å². The van der Waals surface area contributed by atoms with Gasteiger partial charge in [-0.05, 0) is 34.7 Å². The SMILES string of the molecule is CCCCc1nnc(SCc2ccccc2)n1Cc1ccc(-c2ccccc2C(=O)O)cc1. The van der Waals surface area contributed by atoms with Crippen LogP contribution in [0.3, 0.4) is 0 Å². The lowest BCUT2D eigenvalue weighted by molar-refractivity contribution is 0.0697. The first-order chi connectivity index (χ1) is 16.2. The van der Waals surface area contributed by atoms with E-state index in [4.69, 9.17) is 0 Å². The van der Waals surface area contributed by atoms with Crippen LogP contribution in [0.5, 0.6) is 0 Å². The van der Waals surface area contributed by atoms with Gasteiger partial charge in [-0.15, -0.1) is 10.2 Å². The fourth-order valence-corrected chi connectivity index (χ4v) is 4.63. The Hall–Kier alpha value is -3.38. The molecular weight excluding hydrogens is 430 g/mol. The van der Waals surface area contributed by atoms with E-state index >= 15 is 0 Å². The highest BCUT2D eigenvalue weighted by molar-refractivity contribution is 7.98. The minimum atomic E-state index is -0.917. The van der Waals surface area contributed by atoms with E-state index in [1.807, 2.05) is 30.3 Å². The average molecular weight is 458 g/mol. The van der Waals surface area contributed by atoms with Gasteiger partial charge >= 0.3 is 5.97 Å². The second kappa shape index (κ2) is 11.0. The smallest absolute Gasteiger partial charge is 0.336 e.